The minimum absolute atomic E-state index is 0.0144. The number of pyridine rings is 1. The Morgan fingerprint density at radius 3 is 2.81 bits per heavy atom. The molecule has 5 nitrogen and oxygen atoms in total. The molecule has 0 saturated carbocycles. The Morgan fingerprint density at radius 1 is 1.29 bits per heavy atom. The maximum Gasteiger partial charge on any atom is 0.244 e. The first kappa shape index (κ1) is 15.4. The van der Waals surface area contributed by atoms with E-state index in [9.17, 15) is 12.8 Å². The highest BCUT2D eigenvalue weighted by Gasteiger charge is 2.18. The Bertz CT molecular complexity index is 720. The molecule has 1 heterocycles. The molecule has 0 unspecified atom stereocenters. The minimum atomic E-state index is -3.72. The number of anilines is 1. The predicted octanol–water partition coefficient (Wildman–Crippen LogP) is 2.13. The van der Waals surface area contributed by atoms with Gasteiger partial charge in [0.2, 0.25) is 10.0 Å². The van der Waals surface area contributed by atoms with Crippen molar-refractivity contribution >= 4 is 15.7 Å². The molecule has 2 aromatic rings. The number of benzene rings is 1. The van der Waals surface area contributed by atoms with Crippen LogP contribution < -0.4 is 10.0 Å². The molecule has 0 aliphatic rings. The van der Waals surface area contributed by atoms with Gasteiger partial charge in [-0.2, -0.15) is 0 Å². The molecular weight excluding hydrogens is 293 g/mol. The first-order chi connectivity index (χ1) is 10.0. The van der Waals surface area contributed by atoms with Crippen molar-refractivity contribution < 1.29 is 12.8 Å². The van der Waals surface area contributed by atoms with Gasteiger partial charge in [0.1, 0.15) is 10.7 Å². The number of aromatic nitrogens is 1. The first-order valence-electron chi connectivity index (χ1n) is 6.45. The fourth-order valence-electron chi connectivity index (χ4n) is 1.83. The lowest BCUT2D eigenvalue weighted by atomic mass is 10.2. The zero-order chi connectivity index (χ0) is 15.3. The topological polar surface area (TPSA) is 71.1 Å². The van der Waals surface area contributed by atoms with Crippen LogP contribution in [-0.2, 0) is 16.6 Å². The van der Waals surface area contributed by atoms with Gasteiger partial charge in [-0.1, -0.05) is 12.1 Å². The van der Waals surface area contributed by atoms with Gasteiger partial charge in [-0.15, -0.1) is 0 Å². The normalized spacial score (nSPS) is 11.3. The van der Waals surface area contributed by atoms with E-state index in [0.717, 1.165) is 0 Å². The molecule has 0 atom stereocenters. The van der Waals surface area contributed by atoms with E-state index < -0.39 is 15.8 Å². The second-order valence-electron chi connectivity index (χ2n) is 4.36. The van der Waals surface area contributed by atoms with E-state index in [2.05, 4.69) is 15.0 Å². The van der Waals surface area contributed by atoms with E-state index in [0.29, 0.717) is 17.8 Å². The summed E-state index contributed by atoms with van der Waals surface area (Å²) in [4.78, 5) is 3.92. The van der Waals surface area contributed by atoms with Crippen LogP contribution in [-0.4, -0.2) is 19.9 Å². The summed E-state index contributed by atoms with van der Waals surface area (Å²) in [5, 5.41) is 2.97. The van der Waals surface area contributed by atoms with Gasteiger partial charge in [-0.05, 0) is 30.7 Å². The van der Waals surface area contributed by atoms with Crippen molar-refractivity contribution in [1.29, 1.82) is 0 Å². The molecule has 0 radical (unpaired) electrons. The van der Waals surface area contributed by atoms with Gasteiger partial charge in [0, 0.05) is 25.5 Å². The molecule has 112 valence electrons. The average molecular weight is 309 g/mol. The highest BCUT2D eigenvalue weighted by Crippen LogP contribution is 2.19. The monoisotopic (exact) mass is 309 g/mol. The van der Waals surface area contributed by atoms with E-state index >= 15 is 0 Å². The molecule has 0 spiro atoms. The summed E-state index contributed by atoms with van der Waals surface area (Å²) in [7, 11) is -3.72. The van der Waals surface area contributed by atoms with Crippen molar-refractivity contribution in [1.82, 2.24) is 9.71 Å². The molecule has 2 N–H and O–H groups in total. The van der Waals surface area contributed by atoms with Crippen LogP contribution in [0.15, 0.2) is 47.6 Å². The van der Waals surface area contributed by atoms with Crippen LogP contribution in [0.25, 0.3) is 0 Å². The molecule has 0 aliphatic carbocycles. The molecule has 7 heteroatoms. The largest absolute Gasteiger partial charge is 0.384 e. The number of hydrogen-bond acceptors (Lipinski definition) is 4. The van der Waals surface area contributed by atoms with Crippen LogP contribution >= 0.6 is 0 Å². The fourth-order valence-corrected chi connectivity index (χ4v) is 2.98. The van der Waals surface area contributed by atoms with Crippen LogP contribution in [0.1, 0.15) is 12.5 Å². The summed E-state index contributed by atoms with van der Waals surface area (Å²) < 4.78 is 40.1. The zero-order valence-corrected chi connectivity index (χ0v) is 12.3. The molecule has 0 aliphatic heterocycles. The average Bonchev–Trinajstić information content (AvgIpc) is 2.46. The van der Waals surface area contributed by atoms with Crippen LogP contribution in [0.3, 0.4) is 0 Å². The van der Waals surface area contributed by atoms with Gasteiger partial charge in [0.15, 0.2) is 0 Å². The van der Waals surface area contributed by atoms with E-state index in [1.54, 1.807) is 12.1 Å². The highest BCUT2D eigenvalue weighted by molar-refractivity contribution is 7.89. The lowest BCUT2D eigenvalue weighted by Gasteiger charge is -2.11. The van der Waals surface area contributed by atoms with Crippen molar-refractivity contribution in [2.45, 2.75) is 18.4 Å². The van der Waals surface area contributed by atoms with Crippen LogP contribution in [0.2, 0.25) is 0 Å². The van der Waals surface area contributed by atoms with Crippen LogP contribution in [0.4, 0.5) is 10.1 Å². The van der Waals surface area contributed by atoms with E-state index in [1.165, 1.54) is 30.6 Å². The maximum absolute atomic E-state index is 13.1. The number of rotatable bonds is 6. The maximum atomic E-state index is 13.1. The quantitative estimate of drug-likeness (QED) is 0.857. The molecule has 2 rings (SSSR count). The number of hydrogen-bond donors (Lipinski definition) is 2. The predicted molar refractivity (Wildman–Crippen MR) is 78.8 cm³/mol. The van der Waals surface area contributed by atoms with E-state index in [1.807, 2.05) is 6.92 Å². The summed E-state index contributed by atoms with van der Waals surface area (Å²) in [6.07, 6.45) is 2.80. The van der Waals surface area contributed by atoms with Crippen LogP contribution in [0, 0.1) is 5.82 Å². The van der Waals surface area contributed by atoms with Crippen LogP contribution in [0.5, 0.6) is 0 Å². The van der Waals surface area contributed by atoms with Crippen molar-refractivity contribution in [3.05, 3.63) is 54.1 Å². The van der Waals surface area contributed by atoms with E-state index in [4.69, 9.17) is 0 Å². The second-order valence-corrected chi connectivity index (χ2v) is 6.09. The number of halogens is 1. The van der Waals surface area contributed by atoms with Gasteiger partial charge in [-0.25, -0.2) is 17.5 Å². The van der Waals surface area contributed by atoms with Gasteiger partial charge in [0.05, 0.1) is 5.69 Å². The first-order valence-corrected chi connectivity index (χ1v) is 7.93. The fraction of sp³-hybridized carbons (Fsp3) is 0.214. The summed E-state index contributed by atoms with van der Waals surface area (Å²) >= 11 is 0. The molecule has 0 fully saturated rings. The Kier molecular flexibility index (Phi) is 4.87. The molecule has 1 aromatic carbocycles. The molecule has 0 saturated heterocycles. The Hall–Kier alpha value is -1.99. The number of nitrogens with one attached hydrogen (secondary N) is 2. The molecule has 0 amide bonds. The Balaban J connectivity index is 2.19. The number of sulfonamides is 1. The van der Waals surface area contributed by atoms with Crippen molar-refractivity contribution in [2.24, 2.45) is 0 Å². The summed E-state index contributed by atoms with van der Waals surface area (Å²) in [5.41, 5.74) is 1.03. The van der Waals surface area contributed by atoms with Gasteiger partial charge < -0.3 is 5.32 Å². The smallest absolute Gasteiger partial charge is 0.244 e. The summed E-state index contributed by atoms with van der Waals surface area (Å²) in [5.74, 6) is -0.401. The summed E-state index contributed by atoms with van der Waals surface area (Å²) in [6, 6.07) is 7.38. The third-order valence-electron chi connectivity index (χ3n) is 2.80. The van der Waals surface area contributed by atoms with Crippen molar-refractivity contribution in [3.63, 3.8) is 0 Å². The van der Waals surface area contributed by atoms with Gasteiger partial charge in [-0.3, -0.25) is 4.98 Å². The molecule has 1 aromatic heterocycles. The van der Waals surface area contributed by atoms with Gasteiger partial charge in [0.25, 0.3) is 0 Å². The third-order valence-corrected chi connectivity index (χ3v) is 4.23. The zero-order valence-electron chi connectivity index (χ0n) is 11.5. The minimum Gasteiger partial charge on any atom is -0.384 e. The highest BCUT2D eigenvalue weighted by atomic mass is 32.2. The lowest BCUT2D eigenvalue weighted by molar-refractivity contribution is 0.580. The SMILES string of the molecule is CCNc1ccncc1S(=O)(=O)NCc1cccc(F)c1. The number of nitrogens with zero attached hydrogens (tertiary/aromatic N) is 1. The molecule has 0 bridgehead atoms. The Morgan fingerprint density at radius 2 is 2.10 bits per heavy atom. The second kappa shape index (κ2) is 6.64. The van der Waals surface area contributed by atoms with E-state index in [-0.39, 0.29) is 11.4 Å². The van der Waals surface area contributed by atoms with Crippen molar-refractivity contribution in [3.8, 4) is 0 Å². The standard InChI is InChI=1S/C14H16FN3O2S/c1-2-17-13-6-7-16-10-14(13)21(19,20)18-9-11-4-3-5-12(15)8-11/h3-8,10,18H,2,9H2,1H3,(H,16,17). The molecular formula is C14H16FN3O2S. The lowest BCUT2D eigenvalue weighted by Crippen LogP contribution is -2.24. The summed E-state index contributed by atoms with van der Waals surface area (Å²) in [6.45, 7) is 2.48. The Labute approximate surface area is 123 Å². The molecule has 21 heavy (non-hydrogen) atoms. The third kappa shape index (κ3) is 3.99. The van der Waals surface area contributed by atoms with Crippen molar-refractivity contribution in [2.75, 3.05) is 11.9 Å². The van der Waals surface area contributed by atoms with Gasteiger partial charge >= 0.3 is 0 Å².